The van der Waals surface area contributed by atoms with Crippen molar-refractivity contribution in [2.45, 2.75) is 19.5 Å². The van der Waals surface area contributed by atoms with E-state index in [1.807, 2.05) is 13.0 Å². The van der Waals surface area contributed by atoms with Crippen LogP contribution < -0.4 is 15.8 Å². The molecule has 0 saturated carbocycles. The first-order valence-corrected chi connectivity index (χ1v) is 7.75. The second-order valence-corrected chi connectivity index (χ2v) is 5.76. The lowest BCUT2D eigenvalue weighted by Gasteiger charge is -2.16. The van der Waals surface area contributed by atoms with Crippen molar-refractivity contribution in [3.05, 3.63) is 57.8 Å². The van der Waals surface area contributed by atoms with E-state index in [-0.39, 0.29) is 6.04 Å². The average Bonchev–Trinajstić information content (AvgIpc) is 2.53. The Morgan fingerprint density at radius 3 is 2.87 bits per heavy atom. The highest BCUT2D eigenvalue weighted by molar-refractivity contribution is 6.35. The Balaban J connectivity index is 2.04. The van der Waals surface area contributed by atoms with E-state index in [0.29, 0.717) is 22.5 Å². The van der Waals surface area contributed by atoms with Gasteiger partial charge < -0.3 is 15.8 Å². The Kier molecular flexibility index (Phi) is 6.07. The number of guanidine groups is 1. The summed E-state index contributed by atoms with van der Waals surface area (Å²) in [5.41, 5.74) is 7.69. The number of nitrogens with two attached hydrogens (primary N) is 1. The van der Waals surface area contributed by atoms with Crippen LogP contribution >= 0.6 is 23.2 Å². The molecule has 0 aliphatic carbocycles. The van der Waals surface area contributed by atoms with Gasteiger partial charge in [-0.05, 0) is 30.7 Å². The summed E-state index contributed by atoms with van der Waals surface area (Å²) in [6.07, 6.45) is 3.37. The van der Waals surface area contributed by atoms with Crippen LogP contribution in [0.5, 0.6) is 5.75 Å². The molecule has 0 aliphatic rings. The van der Waals surface area contributed by atoms with E-state index in [2.05, 4.69) is 15.3 Å². The standard InChI is InChI=1S/C16H18Cl2N4O/c1-10(13-4-3-12(17)7-14(13)18)22-16(19)21-9-11-8-20-6-5-15(11)23-2/h3-8,10H,9H2,1-2H3,(H3,19,21,22). The molecule has 7 heteroatoms. The van der Waals surface area contributed by atoms with Crippen LogP contribution in [0.2, 0.25) is 10.0 Å². The number of ether oxygens (including phenoxy) is 1. The SMILES string of the molecule is COc1ccncc1CN=C(N)NC(C)c1ccc(Cl)cc1Cl. The molecule has 1 aromatic heterocycles. The minimum Gasteiger partial charge on any atom is -0.496 e. The number of nitrogens with one attached hydrogen (secondary N) is 1. The third kappa shape index (κ3) is 4.74. The Labute approximate surface area is 145 Å². The molecule has 2 rings (SSSR count). The van der Waals surface area contributed by atoms with E-state index < -0.39 is 0 Å². The lowest BCUT2D eigenvalue weighted by molar-refractivity contribution is 0.409. The van der Waals surface area contributed by atoms with Crippen molar-refractivity contribution in [3.8, 4) is 5.75 Å². The van der Waals surface area contributed by atoms with Crippen molar-refractivity contribution < 1.29 is 4.74 Å². The number of halogens is 2. The molecule has 23 heavy (non-hydrogen) atoms. The largest absolute Gasteiger partial charge is 0.496 e. The third-order valence-electron chi connectivity index (χ3n) is 3.29. The first kappa shape index (κ1) is 17.4. The van der Waals surface area contributed by atoms with Crippen molar-refractivity contribution in [2.75, 3.05) is 7.11 Å². The first-order valence-electron chi connectivity index (χ1n) is 6.99. The molecule has 1 atom stereocenters. The van der Waals surface area contributed by atoms with Crippen molar-refractivity contribution >= 4 is 29.2 Å². The Morgan fingerprint density at radius 1 is 1.39 bits per heavy atom. The molecular formula is C16H18Cl2N4O. The van der Waals surface area contributed by atoms with E-state index in [4.69, 9.17) is 33.7 Å². The van der Waals surface area contributed by atoms with Crippen molar-refractivity contribution in [2.24, 2.45) is 10.7 Å². The van der Waals surface area contributed by atoms with Crippen LogP contribution in [0.3, 0.4) is 0 Å². The number of hydrogen-bond acceptors (Lipinski definition) is 3. The number of aromatic nitrogens is 1. The highest BCUT2D eigenvalue weighted by atomic mass is 35.5. The Bertz CT molecular complexity index is 706. The highest BCUT2D eigenvalue weighted by Gasteiger charge is 2.11. The number of aliphatic imine (C=N–C) groups is 1. The molecule has 2 aromatic rings. The quantitative estimate of drug-likeness (QED) is 0.637. The Morgan fingerprint density at radius 2 is 2.17 bits per heavy atom. The van der Waals surface area contributed by atoms with E-state index in [0.717, 1.165) is 16.9 Å². The molecule has 0 spiro atoms. The molecule has 122 valence electrons. The topological polar surface area (TPSA) is 72.5 Å². The normalized spacial score (nSPS) is 12.8. The van der Waals surface area contributed by atoms with Gasteiger partial charge in [-0.1, -0.05) is 29.3 Å². The zero-order valence-electron chi connectivity index (χ0n) is 12.9. The smallest absolute Gasteiger partial charge is 0.189 e. The summed E-state index contributed by atoms with van der Waals surface area (Å²) in [7, 11) is 1.61. The number of hydrogen-bond donors (Lipinski definition) is 2. The predicted octanol–water partition coefficient (Wildman–Crippen LogP) is 3.56. The van der Waals surface area contributed by atoms with Gasteiger partial charge in [0.05, 0.1) is 19.7 Å². The number of rotatable bonds is 5. The molecular weight excluding hydrogens is 335 g/mol. The van der Waals surface area contributed by atoms with Crippen molar-refractivity contribution in [1.29, 1.82) is 0 Å². The molecule has 0 bridgehead atoms. The van der Waals surface area contributed by atoms with E-state index in [9.17, 15) is 0 Å². The summed E-state index contributed by atoms with van der Waals surface area (Å²) >= 11 is 12.1. The van der Waals surface area contributed by atoms with Crippen molar-refractivity contribution in [3.63, 3.8) is 0 Å². The molecule has 0 aliphatic heterocycles. The van der Waals surface area contributed by atoms with Crippen LogP contribution in [0.1, 0.15) is 24.1 Å². The van der Waals surface area contributed by atoms with Crippen LogP contribution in [0.15, 0.2) is 41.7 Å². The second-order valence-electron chi connectivity index (χ2n) is 4.92. The van der Waals surface area contributed by atoms with Crippen molar-refractivity contribution in [1.82, 2.24) is 10.3 Å². The van der Waals surface area contributed by atoms with Gasteiger partial charge >= 0.3 is 0 Å². The van der Waals surface area contributed by atoms with Crippen LogP contribution in [0, 0.1) is 0 Å². The van der Waals surface area contributed by atoms with E-state index in [1.165, 1.54) is 0 Å². The maximum atomic E-state index is 6.19. The van der Waals surface area contributed by atoms with Gasteiger partial charge in [0, 0.05) is 28.0 Å². The van der Waals surface area contributed by atoms with E-state index >= 15 is 0 Å². The van der Waals surface area contributed by atoms with Gasteiger partial charge in [-0.25, -0.2) is 4.99 Å². The Hall–Kier alpha value is -1.98. The van der Waals surface area contributed by atoms with Gasteiger partial charge in [-0.3, -0.25) is 4.98 Å². The fourth-order valence-corrected chi connectivity index (χ4v) is 2.67. The molecule has 3 N–H and O–H groups in total. The fourth-order valence-electron chi connectivity index (χ4n) is 2.10. The summed E-state index contributed by atoms with van der Waals surface area (Å²) < 4.78 is 5.25. The van der Waals surface area contributed by atoms with E-state index in [1.54, 1.807) is 37.7 Å². The maximum absolute atomic E-state index is 6.19. The predicted molar refractivity (Wildman–Crippen MR) is 94.1 cm³/mol. The van der Waals surface area contributed by atoms with Gasteiger partial charge in [0.25, 0.3) is 0 Å². The summed E-state index contributed by atoms with van der Waals surface area (Å²) in [5, 5.41) is 4.28. The first-order chi connectivity index (χ1) is 11.0. The molecule has 5 nitrogen and oxygen atoms in total. The number of pyridine rings is 1. The third-order valence-corrected chi connectivity index (χ3v) is 3.85. The molecule has 1 heterocycles. The average molecular weight is 353 g/mol. The molecule has 0 saturated heterocycles. The maximum Gasteiger partial charge on any atom is 0.189 e. The minimum absolute atomic E-state index is 0.0979. The number of nitrogens with zero attached hydrogens (tertiary/aromatic N) is 2. The number of benzene rings is 1. The van der Waals surface area contributed by atoms with Crippen LogP contribution in [0.25, 0.3) is 0 Å². The van der Waals surface area contributed by atoms with Gasteiger partial charge in [-0.2, -0.15) is 0 Å². The number of methoxy groups -OCH3 is 1. The molecule has 1 unspecified atom stereocenters. The van der Waals surface area contributed by atoms with Gasteiger partial charge in [0.15, 0.2) is 5.96 Å². The minimum atomic E-state index is -0.0979. The fraction of sp³-hybridized carbons (Fsp3) is 0.250. The molecule has 0 fully saturated rings. The summed E-state index contributed by atoms with van der Waals surface area (Å²) in [4.78, 5) is 8.37. The second kappa shape index (κ2) is 8.04. The van der Waals surface area contributed by atoms with Crippen LogP contribution in [-0.2, 0) is 6.54 Å². The molecule has 0 radical (unpaired) electrons. The lowest BCUT2D eigenvalue weighted by atomic mass is 10.1. The summed E-state index contributed by atoms with van der Waals surface area (Å²) in [6.45, 7) is 2.32. The van der Waals surface area contributed by atoms with Gasteiger partial charge in [0.1, 0.15) is 5.75 Å². The lowest BCUT2D eigenvalue weighted by Crippen LogP contribution is -2.34. The highest BCUT2D eigenvalue weighted by Crippen LogP contribution is 2.26. The zero-order valence-corrected chi connectivity index (χ0v) is 14.4. The van der Waals surface area contributed by atoms with Crippen LogP contribution in [0.4, 0.5) is 0 Å². The van der Waals surface area contributed by atoms with Crippen LogP contribution in [-0.4, -0.2) is 18.1 Å². The van der Waals surface area contributed by atoms with Gasteiger partial charge in [-0.15, -0.1) is 0 Å². The molecule has 0 amide bonds. The monoisotopic (exact) mass is 352 g/mol. The summed E-state index contributed by atoms with van der Waals surface area (Å²) in [6, 6.07) is 7.03. The zero-order chi connectivity index (χ0) is 16.8. The summed E-state index contributed by atoms with van der Waals surface area (Å²) in [5.74, 6) is 1.04. The molecule has 1 aromatic carbocycles. The van der Waals surface area contributed by atoms with Gasteiger partial charge in [0.2, 0.25) is 0 Å².